The van der Waals surface area contributed by atoms with Crippen LogP contribution in [0.25, 0.3) is 0 Å². The lowest BCUT2D eigenvalue weighted by Crippen LogP contribution is -2.30. The summed E-state index contributed by atoms with van der Waals surface area (Å²) in [6, 6.07) is 0. The number of imidazole rings is 2. The molecule has 0 aliphatic carbocycles. The Labute approximate surface area is 226 Å². The monoisotopic (exact) mass is 542 g/mol. The molecule has 0 radical (unpaired) electrons. The molecule has 2 atom stereocenters. The van der Waals surface area contributed by atoms with Gasteiger partial charge >= 0.3 is 11.4 Å². The predicted molar refractivity (Wildman–Crippen MR) is 153 cm³/mol. The molecule has 0 fully saturated rings. The Hall–Kier alpha value is -1.68. The lowest BCUT2D eigenvalue weighted by atomic mass is 9.85. The van der Waals surface area contributed by atoms with Crippen molar-refractivity contribution in [2.24, 2.45) is 10.8 Å². The number of hydrogen-bond acceptors (Lipinski definition) is 6. The molecule has 206 valence electrons. The molecule has 0 saturated heterocycles. The zero-order valence-electron chi connectivity index (χ0n) is 22.8. The van der Waals surface area contributed by atoms with Crippen LogP contribution in [0.1, 0.15) is 80.1 Å². The zero-order chi connectivity index (χ0) is 27.3. The second kappa shape index (κ2) is 12.7. The van der Waals surface area contributed by atoms with Gasteiger partial charge in [-0.15, -0.1) is 0 Å². The van der Waals surface area contributed by atoms with E-state index in [-0.39, 0.29) is 44.5 Å². The minimum Gasteiger partial charge on any atom is -0.493 e. The van der Waals surface area contributed by atoms with E-state index in [9.17, 15) is 19.8 Å². The van der Waals surface area contributed by atoms with Crippen molar-refractivity contribution in [1.29, 1.82) is 0 Å². The van der Waals surface area contributed by atoms with Crippen LogP contribution in [0, 0.1) is 10.8 Å². The van der Waals surface area contributed by atoms with Crippen molar-refractivity contribution in [3.8, 4) is 11.8 Å². The molecule has 2 rings (SSSR count). The Morgan fingerprint density at radius 3 is 1.33 bits per heavy atom. The summed E-state index contributed by atoms with van der Waals surface area (Å²) in [5, 5.41) is 20.8. The van der Waals surface area contributed by atoms with Gasteiger partial charge in [0.15, 0.2) is 0 Å². The van der Waals surface area contributed by atoms with Gasteiger partial charge < -0.3 is 10.2 Å². The molecule has 0 aliphatic rings. The molecule has 2 unspecified atom stereocenters. The average molecular weight is 543 g/mol. The van der Waals surface area contributed by atoms with Crippen LogP contribution in [0.5, 0.6) is 11.8 Å². The number of hydrogen-bond donors (Lipinski definition) is 4. The van der Waals surface area contributed by atoms with Crippen LogP contribution in [-0.4, -0.2) is 39.0 Å². The molecule has 0 spiro atoms. The van der Waals surface area contributed by atoms with Gasteiger partial charge in [-0.3, -0.25) is 18.3 Å². The summed E-state index contributed by atoms with van der Waals surface area (Å²) in [5.41, 5.74) is -0.636. The summed E-state index contributed by atoms with van der Waals surface area (Å²) in [7, 11) is 0. The van der Waals surface area contributed by atoms with Crippen LogP contribution in [0.15, 0.2) is 22.0 Å². The molecule has 2 aromatic heterocycles. The summed E-state index contributed by atoms with van der Waals surface area (Å²) >= 11 is 9.61. The molecular formula is C26H46N4O4S2. The zero-order valence-corrected chi connectivity index (χ0v) is 24.6. The van der Waals surface area contributed by atoms with E-state index >= 15 is 0 Å². The van der Waals surface area contributed by atoms with Gasteiger partial charge in [-0.05, 0) is 63.2 Å². The van der Waals surface area contributed by atoms with Crippen molar-refractivity contribution in [3.05, 3.63) is 33.4 Å². The molecule has 2 N–H and O–H groups in total. The molecule has 2 aromatic rings. The smallest absolute Gasteiger partial charge is 0.331 e. The number of rotatable bonds is 15. The molecule has 0 saturated carbocycles. The van der Waals surface area contributed by atoms with Crippen molar-refractivity contribution >= 4 is 25.3 Å². The third kappa shape index (κ3) is 8.43. The molecular weight excluding hydrogens is 496 g/mol. The van der Waals surface area contributed by atoms with E-state index in [1.807, 2.05) is 13.8 Å². The van der Waals surface area contributed by atoms with Gasteiger partial charge in [-0.25, -0.2) is 9.59 Å². The van der Waals surface area contributed by atoms with E-state index in [4.69, 9.17) is 25.3 Å². The van der Waals surface area contributed by atoms with Crippen LogP contribution in [0.3, 0.4) is 0 Å². The van der Waals surface area contributed by atoms with Crippen LogP contribution in [-0.2, 0) is 26.2 Å². The first-order chi connectivity index (χ1) is 16.7. The van der Waals surface area contributed by atoms with Gasteiger partial charge in [0.2, 0.25) is 11.8 Å². The van der Waals surface area contributed by atoms with Gasteiger partial charge in [0, 0.05) is 36.7 Å². The Morgan fingerprint density at radius 2 is 1.06 bits per heavy atom. The Bertz CT molecular complexity index is 1010. The summed E-state index contributed by atoms with van der Waals surface area (Å²) < 4.78 is 5.94. The molecule has 2 heterocycles. The van der Waals surface area contributed by atoms with Crippen molar-refractivity contribution in [2.45, 2.75) is 117 Å². The lowest BCUT2D eigenvalue weighted by molar-refractivity contribution is 0.250. The fraction of sp³-hybridized carbons (Fsp3) is 0.769. The fourth-order valence-corrected chi connectivity index (χ4v) is 5.14. The Kier molecular flexibility index (Phi) is 10.8. The molecule has 0 bridgehead atoms. The second-order valence-electron chi connectivity index (χ2n) is 11.6. The number of aromatic nitrogens is 4. The average Bonchev–Trinajstić information content (AvgIpc) is 3.23. The minimum absolute atomic E-state index is 0.0150. The summed E-state index contributed by atoms with van der Waals surface area (Å²) in [4.78, 5) is 24.8. The van der Waals surface area contributed by atoms with Crippen LogP contribution < -0.4 is 11.4 Å². The fourth-order valence-electron chi connectivity index (χ4n) is 4.59. The standard InChI is InChI=1S/C26H46N4O4S2/c1-7-27-15-21(31)29(23(27)33)17-25(3,4)13-11-19(35)9-10-20(36)12-14-26(5,6)18-30-22(32)16-28(8-2)24(30)34/h15-16,19-20,31-32,35-36H,7-14,17-18H2,1-6H3. The molecule has 8 nitrogen and oxygen atoms in total. The first kappa shape index (κ1) is 30.5. The second-order valence-corrected chi connectivity index (χ2v) is 13.0. The van der Waals surface area contributed by atoms with Crippen LogP contribution in [0.4, 0.5) is 0 Å². The normalized spacial score (nSPS) is 14.3. The van der Waals surface area contributed by atoms with E-state index in [0.717, 1.165) is 38.5 Å². The maximum absolute atomic E-state index is 12.4. The van der Waals surface area contributed by atoms with Gasteiger partial charge in [0.1, 0.15) is 0 Å². The Morgan fingerprint density at radius 1 is 0.722 bits per heavy atom. The maximum atomic E-state index is 12.4. The van der Waals surface area contributed by atoms with Gasteiger partial charge in [0.25, 0.3) is 0 Å². The maximum Gasteiger partial charge on any atom is 0.331 e. The van der Waals surface area contributed by atoms with Crippen LogP contribution >= 0.6 is 25.3 Å². The van der Waals surface area contributed by atoms with Crippen molar-refractivity contribution < 1.29 is 10.2 Å². The molecule has 0 aliphatic heterocycles. The number of aromatic hydroxyl groups is 2. The minimum atomic E-state index is -0.172. The van der Waals surface area contributed by atoms with Gasteiger partial charge in [-0.1, -0.05) is 27.7 Å². The molecule has 0 amide bonds. The SMILES string of the molecule is CCn1cc(O)n(CC(C)(C)CCC(S)CCC(S)CCC(C)(C)Cn2c(O)cn(CC)c2=O)c1=O. The van der Waals surface area contributed by atoms with E-state index in [0.29, 0.717) is 26.2 Å². The molecule has 10 heteroatoms. The summed E-state index contributed by atoms with van der Waals surface area (Å²) in [5.74, 6) is 0.0300. The van der Waals surface area contributed by atoms with Crippen molar-refractivity contribution in [1.82, 2.24) is 18.3 Å². The highest BCUT2D eigenvalue weighted by molar-refractivity contribution is 7.81. The first-order valence-electron chi connectivity index (χ1n) is 13.0. The van der Waals surface area contributed by atoms with E-state index in [1.54, 1.807) is 0 Å². The Balaban J connectivity index is 1.78. The largest absolute Gasteiger partial charge is 0.493 e. The predicted octanol–water partition coefficient (Wildman–Crippen LogP) is 4.75. The van der Waals surface area contributed by atoms with E-state index in [2.05, 4.69) is 27.7 Å². The van der Waals surface area contributed by atoms with E-state index < -0.39 is 0 Å². The summed E-state index contributed by atoms with van der Waals surface area (Å²) in [6.07, 6.45) is 8.52. The number of aryl methyl sites for hydroxylation is 2. The quantitative estimate of drug-likeness (QED) is 0.244. The highest BCUT2D eigenvalue weighted by atomic mass is 32.1. The van der Waals surface area contributed by atoms with Crippen molar-refractivity contribution in [3.63, 3.8) is 0 Å². The summed E-state index contributed by atoms with van der Waals surface area (Å²) in [6.45, 7) is 14.2. The topological polar surface area (TPSA) is 94.3 Å². The van der Waals surface area contributed by atoms with Crippen LogP contribution in [0.2, 0.25) is 0 Å². The van der Waals surface area contributed by atoms with Gasteiger partial charge in [-0.2, -0.15) is 25.3 Å². The highest BCUT2D eigenvalue weighted by Gasteiger charge is 2.25. The first-order valence-corrected chi connectivity index (χ1v) is 14.1. The number of nitrogens with zero attached hydrogens (tertiary/aromatic N) is 4. The third-order valence-corrected chi connectivity index (χ3v) is 8.08. The molecule has 0 aromatic carbocycles. The highest BCUT2D eigenvalue weighted by Crippen LogP contribution is 2.31. The van der Waals surface area contributed by atoms with Gasteiger partial charge in [0.05, 0.1) is 12.4 Å². The molecule has 36 heavy (non-hydrogen) atoms. The van der Waals surface area contributed by atoms with Crippen molar-refractivity contribution in [2.75, 3.05) is 0 Å². The number of thiol groups is 2. The van der Waals surface area contributed by atoms with E-state index in [1.165, 1.54) is 30.7 Å². The third-order valence-electron chi connectivity index (χ3n) is 7.04. The lowest BCUT2D eigenvalue weighted by Gasteiger charge is -2.27.